The lowest BCUT2D eigenvalue weighted by Crippen LogP contribution is -2.40. The van der Waals surface area contributed by atoms with Crippen molar-refractivity contribution in [3.05, 3.63) is 0 Å². The summed E-state index contributed by atoms with van der Waals surface area (Å²) in [6.07, 6.45) is 0.317. The van der Waals surface area contributed by atoms with Crippen LogP contribution < -0.4 is 5.32 Å². The lowest BCUT2D eigenvalue weighted by Gasteiger charge is -2.15. The second kappa shape index (κ2) is 5.23. The van der Waals surface area contributed by atoms with Gasteiger partial charge in [0.1, 0.15) is 0 Å². The quantitative estimate of drug-likeness (QED) is 0.642. The molecular weight excluding hydrogens is 196 g/mol. The lowest BCUT2D eigenvalue weighted by molar-refractivity contribution is -0.137. The maximum Gasteiger partial charge on any atom is 0.246 e. The molecule has 1 fully saturated rings. The zero-order valence-electron chi connectivity index (χ0n) is 9.45. The first-order valence-electron chi connectivity index (χ1n) is 5.21. The molecule has 1 N–H and O–H groups in total. The first-order chi connectivity index (χ1) is 7.06. The van der Waals surface area contributed by atoms with Gasteiger partial charge in [-0.2, -0.15) is 0 Å². The molecule has 0 spiro atoms. The Morgan fingerprint density at radius 1 is 1.60 bits per heavy atom. The number of hydrogen-bond acceptors (Lipinski definition) is 4. The van der Waals surface area contributed by atoms with Crippen molar-refractivity contribution in [3.63, 3.8) is 0 Å². The number of imide groups is 1. The van der Waals surface area contributed by atoms with Gasteiger partial charge in [0.2, 0.25) is 11.8 Å². The van der Waals surface area contributed by atoms with Crippen LogP contribution in [-0.2, 0) is 14.3 Å². The summed E-state index contributed by atoms with van der Waals surface area (Å²) in [5, 5.41) is 3.04. The molecule has 2 unspecified atom stereocenters. The molecule has 0 aromatic heterocycles. The molecule has 5 nitrogen and oxygen atoms in total. The Morgan fingerprint density at radius 3 is 2.73 bits per heavy atom. The van der Waals surface area contributed by atoms with Crippen LogP contribution in [0.2, 0.25) is 0 Å². The fourth-order valence-electron chi connectivity index (χ4n) is 1.57. The summed E-state index contributed by atoms with van der Waals surface area (Å²) in [5.74, 6) is -0.273. The monoisotopic (exact) mass is 214 g/mol. The van der Waals surface area contributed by atoms with Gasteiger partial charge in [0.05, 0.1) is 18.6 Å². The van der Waals surface area contributed by atoms with Crippen LogP contribution >= 0.6 is 0 Å². The van der Waals surface area contributed by atoms with E-state index in [1.54, 1.807) is 0 Å². The average Bonchev–Trinajstić information content (AvgIpc) is 2.43. The number of carbonyl (C=O) groups excluding carboxylic acids is 2. The minimum absolute atomic E-state index is 0.0591. The molecule has 1 rings (SSSR count). The number of amides is 2. The molecule has 2 amide bonds. The number of carbonyl (C=O) groups is 2. The molecule has 0 bridgehead atoms. The van der Waals surface area contributed by atoms with E-state index in [0.29, 0.717) is 13.2 Å². The maximum absolute atomic E-state index is 11.5. The smallest absolute Gasteiger partial charge is 0.246 e. The summed E-state index contributed by atoms with van der Waals surface area (Å²) in [7, 11) is 1.51. The van der Waals surface area contributed by atoms with Crippen molar-refractivity contribution in [2.45, 2.75) is 32.4 Å². The second-order valence-electron chi connectivity index (χ2n) is 3.72. The van der Waals surface area contributed by atoms with Gasteiger partial charge in [0.15, 0.2) is 0 Å². The predicted molar refractivity (Wildman–Crippen MR) is 55.3 cm³/mol. The number of nitrogens with zero attached hydrogens (tertiary/aromatic N) is 1. The summed E-state index contributed by atoms with van der Waals surface area (Å²) in [5.41, 5.74) is 0. The zero-order chi connectivity index (χ0) is 11.4. The maximum atomic E-state index is 11.5. The minimum atomic E-state index is -0.370. The van der Waals surface area contributed by atoms with Crippen molar-refractivity contribution in [2.24, 2.45) is 0 Å². The van der Waals surface area contributed by atoms with Gasteiger partial charge >= 0.3 is 0 Å². The Kier molecular flexibility index (Phi) is 4.23. The molecule has 1 aliphatic rings. The fourth-order valence-corrected chi connectivity index (χ4v) is 1.57. The van der Waals surface area contributed by atoms with Gasteiger partial charge in [-0.1, -0.05) is 0 Å². The highest BCUT2D eigenvalue weighted by Gasteiger charge is 2.35. The molecular formula is C10H18N2O3. The topological polar surface area (TPSA) is 58.6 Å². The van der Waals surface area contributed by atoms with E-state index in [-0.39, 0.29) is 30.4 Å². The standard InChI is InChI=1S/C10H18N2O3/c1-4-15-7(2)6-11-8-5-9(13)12(3)10(8)14/h7-8,11H,4-6H2,1-3H3. The molecule has 0 aliphatic carbocycles. The number of hydrogen-bond donors (Lipinski definition) is 1. The zero-order valence-corrected chi connectivity index (χ0v) is 9.45. The Balaban J connectivity index is 2.34. The van der Waals surface area contributed by atoms with Gasteiger partial charge in [-0.25, -0.2) is 0 Å². The summed E-state index contributed by atoms with van der Waals surface area (Å²) < 4.78 is 5.32. The van der Waals surface area contributed by atoms with Crippen LogP contribution in [0.1, 0.15) is 20.3 Å². The van der Waals surface area contributed by atoms with Gasteiger partial charge in [0, 0.05) is 20.2 Å². The third kappa shape index (κ3) is 3.00. The summed E-state index contributed by atoms with van der Waals surface area (Å²) >= 11 is 0. The van der Waals surface area contributed by atoms with E-state index in [9.17, 15) is 9.59 Å². The molecule has 2 atom stereocenters. The van der Waals surface area contributed by atoms with Gasteiger partial charge in [-0.3, -0.25) is 14.5 Å². The highest BCUT2D eigenvalue weighted by Crippen LogP contribution is 2.10. The Labute approximate surface area is 89.8 Å². The molecule has 15 heavy (non-hydrogen) atoms. The number of nitrogens with one attached hydrogen (secondary N) is 1. The molecule has 0 radical (unpaired) electrons. The molecule has 1 aliphatic heterocycles. The van der Waals surface area contributed by atoms with E-state index in [2.05, 4.69) is 5.32 Å². The van der Waals surface area contributed by atoms with Gasteiger partial charge in [-0.15, -0.1) is 0 Å². The van der Waals surface area contributed by atoms with Crippen molar-refractivity contribution >= 4 is 11.8 Å². The molecule has 0 saturated carbocycles. The first kappa shape index (κ1) is 12.1. The normalized spacial score (nSPS) is 23.7. The van der Waals surface area contributed by atoms with Crippen LogP contribution in [0.5, 0.6) is 0 Å². The molecule has 1 heterocycles. The van der Waals surface area contributed by atoms with E-state index < -0.39 is 0 Å². The summed E-state index contributed by atoms with van der Waals surface area (Å²) in [6.45, 7) is 5.10. The van der Waals surface area contributed by atoms with Crippen LogP contribution in [0.3, 0.4) is 0 Å². The van der Waals surface area contributed by atoms with Crippen molar-refractivity contribution in [2.75, 3.05) is 20.2 Å². The molecule has 0 aromatic rings. The number of rotatable bonds is 5. The highest BCUT2D eigenvalue weighted by atomic mass is 16.5. The molecule has 0 aromatic carbocycles. The number of ether oxygens (including phenoxy) is 1. The Hall–Kier alpha value is -0.940. The largest absolute Gasteiger partial charge is 0.377 e. The van der Waals surface area contributed by atoms with Gasteiger partial charge < -0.3 is 10.1 Å². The van der Waals surface area contributed by atoms with Crippen LogP contribution in [0.4, 0.5) is 0 Å². The van der Waals surface area contributed by atoms with Crippen molar-refractivity contribution < 1.29 is 14.3 Å². The second-order valence-corrected chi connectivity index (χ2v) is 3.72. The van der Waals surface area contributed by atoms with Crippen LogP contribution in [0, 0.1) is 0 Å². The van der Waals surface area contributed by atoms with E-state index >= 15 is 0 Å². The van der Waals surface area contributed by atoms with Crippen molar-refractivity contribution in [3.8, 4) is 0 Å². The number of likely N-dealkylation sites (tertiary alicyclic amines) is 1. The van der Waals surface area contributed by atoms with E-state index in [1.165, 1.54) is 11.9 Å². The van der Waals surface area contributed by atoms with Crippen LogP contribution in [0.15, 0.2) is 0 Å². The minimum Gasteiger partial charge on any atom is -0.377 e. The third-order valence-electron chi connectivity index (χ3n) is 2.48. The predicted octanol–water partition coefficient (Wildman–Crippen LogP) is -0.242. The average molecular weight is 214 g/mol. The molecule has 5 heteroatoms. The molecule has 86 valence electrons. The Bertz CT molecular complexity index is 255. The third-order valence-corrected chi connectivity index (χ3v) is 2.48. The van der Waals surface area contributed by atoms with Gasteiger partial charge in [-0.05, 0) is 13.8 Å². The van der Waals surface area contributed by atoms with Crippen molar-refractivity contribution in [1.82, 2.24) is 10.2 Å². The highest BCUT2D eigenvalue weighted by molar-refractivity contribution is 6.05. The summed E-state index contributed by atoms with van der Waals surface area (Å²) in [4.78, 5) is 23.9. The van der Waals surface area contributed by atoms with Crippen LogP contribution in [0.25, 0.3) is 0 Å². The lowest BCUT2D eigenvalue weighted by atomic mass is 10.2. The first-order valence-corrected chi connectivity index (χ1v) is 5.21. The summed E-state index contributed by atoms with van der Waals surface area (Å²) in [6, 6.07) is -0.370. The molecule has 1 saturated heterocycles. The number of likely N-dealkylation sites (N-methyl/N-ethyl adjacent to an activating group) is 1. The van der Waals surface area contributed by atoms with Gasteiger partial charge in [0.25, 0.3) is 0 Å². The van der Waals surface area contributed by atoms with Crippen molar-refractivity contribution in [1.29, 1.82) is 0 Å². The van der Waals surface area contributed by atoms with E-state index in [1.807, 2.05) is 13.8 Å². The van der Waals surface area contributed by atoms with Crippen LogP contribution in [-0.4, -0.2) is 49.1 Å². The van der Waals surface area contributed by atoms with E-state index in [0.717, 1.165) is 0 Å². The SMILES string of the molecule is CCOC(C)CNC1CC(=O)N(C)C1=O. The van der Waals surface area contributed by atoms with E-state index in [4.69, 9.17) is 4.74 Å². The Morgan fingerprint density at radius 2 is 2.27 bits per heavy atom. The fraction of sp³-hybridized carbons (Fsp3) is 0.800.